The highest BCUT2D eigenvalue weighted by atomic mass is 19.1. The molecule has 0 aliphatic carbocycles. The monoisotopic (exact) mass is 326 g/mol. The predicted molar refractivity (Wildman–Crippen MR) is 86.7 cm³/mol. The molecule has 1 aliphatic rings. The number of para-hydroxylation sites is 1. The zero-order chi connectivity index (χ0) is 16.8. The second kappa shape index (κ2) is 8.10. The molecular formula is C16H24F2N4O. The van der Waals surface area contributed by atoms with Crippen LogP contribution in [0.25, 0.3) is 0 Å². The van der Waals surface area contributed by atoms with E-state index in [1.54, 1.807) is 9.80 Å². The van der Waals surface area contributed by atoms with Gasteiger partial charge in [-0.1, -0.05) is 6.07 Å². The van der Waals surface area contributed by atoms with Gasteiger partial charge in [0, 0.05) is 32.7 Å². The van der Waals surface area contributed by atoms with E-state index in [1.807, 2.05) is 14.1 Å². The van der Waals surface area contributed by atoms with Crippen molar-refractivity contribution in [2.45, 2.75) is 6.42 Å². The minimum absolute atomic E-state index is 0.00135. The average Bonchev–Trinajstić information content (AvgIpc) is 2.51. The van der Waals surface area contributed by atoms with Crippen LogP contribution in [0.5, 0.6) is 0 Å². The van der Waals surface area contributed by atoms with Crippen molar-refractivity contribution in [2.24, 2.45) is 0 Å². The molecule has 0 spiro atoms. The van der Waals surface area contributed by atoms with Crippen molar-refractivity contribution in [2.75, 3.05) is 58.3 Å². The lowest BCUT2D eigenvalue weighted by Gasteiger charge is -2.36. The van der Waals surface area contributed by atoms with Gasteiger partial charge in [0.25, 0.3) is 0 Å². The van der Waals surface area contributed by atoms with E-state index in [2.05, 4.69) is 10.2 Å². The van der Waals surface area contributed by atoms with Gasteiger partial charge in [-0.25, -0.2) is 13.6 Å². The first kappa shape index (κ1) is 17.5. The first-order chi connectivity index (χ1) is 11.0. The van der Waals surface area contributed by atoms with Crippen LogP contribution in [0.4, 0.5) is 19.3 Å². The molecule has 0 aromatic heterocycles. The number of hydrogen-bond acceptors (Lipinski definition) is 3. The molecule has 1 heterocycles. The van der Waals surface area contributed by atoms with Gasteiger partial charge >= 0.3 is 6.03 Å². The molecule has 1 saturated heterocycles. The van der Waals surface area contributed by atoms with Crippen LogP contribution >= 0.6 is 0 Å². The molecule has 0 bridgehead atoms. The molecule has 0 saturated carbocycles. The van der Waals surface area contributed by atoms with Gasteiger partial charge in [-0.15, -0.1) is 0 Å². The quantitative estimate of drug-likeness (QED) is 0.838. The Morgan fingerprint density at radius 3 is 2.35 bits per heavy atom. The summed E-state index contributed by atoms with van der Waals surface area (Å²) >= 11 is 0. The lowest BCUT2D eigenvalue weighted by molar-refractivity contribution is 0.193. The molecular weight excluding hydrogens is 302 g/mol. The number of nitrogens with one attached hydrogen (secondary N) is 1. The van der Waals surface area contributed by atoms with E-state index in [4.69, 9.17) is 0 Å². The maximum atomic E-state index is 13.8. The summed E-state index contributed by atoms with van der Waals surface area (Å²) in [6.45, 7) is 3.28. The van der Waals surface area contributed by atoms with Gasteiger partial charge < -0.3 is 20.0 Å². The van der Waals surface area contributed by atoms with Crippen molar-refractivity contribution in [3.63, 3.8) is 0 Å². The number of carbonyl (C=O) groups excluding carboxylic acids is 1. The predicted octanol–water partition coefficient (Wildman–Crippen LogP) is 1.75. The van der Waals surface area contributed by atoms with Crippen LogP contribution in [-0.2, 0) is 0 Å². The Labute approximate surface area is 135 Å². The van der Waals surface area contributed by atoms with Crippen LogP contribution in [0, 0.1) is 11.6 Å². The number of halogens is 2. The molecule has 7 heteroatoms. The summed E-state index contributed by atoms with van der Waals surface area (Å²) in [5.41, 5.74) is -0.00135. The fourth-order valence-electron chi connectivity index (χ4n) is 2.63. The van der Waals surface area contributed by atoms with Crippen LogP contribution in [0.15, 0.2) is 18.2 Å². The summed E-state index contributed by atoms with van der Waals surface area (Å²) in [7, 11) is 3.98. The minimum Gasteiger partial charge on any atom is -0.363 e. The Hall–Kier alpha value is -1.89. The van der Waals surface area contributed by atoms with E-state index in [1.165, 1.54) is 18.2 Å². The number of urea groups is 1. The number of nitrogens with zero attached hydrogens (tertiary/aromatic N) is 3. The number of anilines is 1. The van der Waals surface area contributed by atoms with Crippen molar-refractivity contribution >= 4 is 11.7 Å². The average molecular weight is 326 g/mol. The van der Waals surface area contributed by atoms with Gasteiger partial charge in [-0.05, 0) is 39.2 Å². The first-order valence-electron chi connectivity index (χ1n) is 7.85. The summed E-state index contributed by atoms with van der Waals surface area (Å²) in [6, 6.07) is 3.74. The van der Waals surface area contributed by atoms with Crippen molar-refractivity contribution in [3.05, 3.63) is 29.8 Å². The largest absolute Gasteiger partial charge is 0.363 e. The van der Waals surface area contributed by atoms with E-state index < -0.39 is 11.6 Å². The SMILES string of the molecule is CN(C)CCCNC(=O)N1CCN(c2c(F)cccc2F)CC1. The van der Waals surface area contributed by atoms with Crippen LogP contribution in [-0.4, -0.2) is 69.2 Å². The van der Waals surface area contributed by atoms with Crippen molar-refractivity contribution in [1.82, 2.24) is 15.1 Å². The highest BCUT2D eigenvalue weighted by Crippen LogP contribution is 2.24. The molecule has 2 rings (SSSR count). The molecule has 1 aromatic carbocycles. The maximum absolute atomic E-state index is 13.8. The van der Waals surface area contributed by atoms with Crippen LogP contribution < -0.4 is 10.2 Å². The summed E-state index contributed by atoms with van der Waals surface area (Å²) in [6.07, 6.45) is 0.888. The number of hydrogen-bond donors (Lipinski definition) is 1. The maximum Gasteiger partial charge on any atom is 0.317 e. The first-order valence-corrected chi connectivity index (χ1v) is 7.85. The van der Waals surface area contributed by atoms with Gasteiger partial charge in [0.1, 0.15) is 17.3 Å². The van der Waals surface area contributed by atoms with Crippen molar-refractivity contribution in [3.8, 4) is 0 Å². The lowest BCUT2D eigenvalue weighted by Crippen LogP contribution is -2.52. The van der Waals surface area contributed by atoms with E-state index >= 15 is 0 Å². The number of benzene rings is 1. The molecule has 2 amide bonds. The van der Waals surface area contributed by atoms with E-state index in [0.717, 1.165) is 13.0 Å². The Morgan fingerprint density at radius 1 is 1.17 bits per heavy atom. The summed E-state index contributed by atoms with van der Waals surface area (Å²) in [5.74, 6) is -1.13. The van der Waals surface area contributed by atoms with Crippen molar-refractivity contribution < 1.29 is 13.6 Å². The second-order valence-electron chi connectivity index (χ2n) is 5.93. The number of amides is 2. The number of carbonyl (C=O) groups is 1. The molecule has 1 aromatic rings. The fraction of sp³-hybridized carbons (Fsp3) is 0.562. The molecule has 1 fully saturated rings. The molecule has 5 nitrogen and oxygen atoms in total. The topological polar surface area (TPSA) is 38.8 Å². The van der Waals surface area contributed by atoms with E-state index in [-0.39, 0.29) is 11.7 Å². The Morgan fingerprint density at radius 2 is 1.78 bits per heavy atom. The summed E-state index contributed by atoms with van der Waals surface area (Å²) in [4.78, 5) is 17.5. The van der Waals surface area contributed by atoms with E-state index in [0.29, 0.717) is 32.7 Å². The van der Waals surface area contributed by atoms with Gasteiger partial charge in [0.2, 0.25) is 0 Å². The van der Waals surface area contributed by atoms with Gasteiger partial charge in [0.05, 0.1) is 0 Å². The molecule has 1 aliphatic heterocycles. The molecule has 128 valence electrons. The van der Waals surface area contributed by atoms with Gasteiger partial charge in [-0.3, -0.25) is 0 Å². The molecule has 1 N–H and O–H groups in total. The summed E-state index contributed by atoms with van der Waals surface area (Å²) in [5, 5.41) is 2.88. The number of rotatable bonds is 5. The second-order valence-corrected chi connectivity index (χ2v) is 5.93. The van der Waals surface area contributed by atoms with Crippen LogP contribution in [0.3, 0.4) is 0 Å². The summed E-state index contributed by atoms with van der Waals surface area (Å²) < 4.78 is 27.6. The molecule has 0 unspecified atom stereocenters. The highest BCUT2D eigenvalue weighted by molar-refractivity contribution is 5.74. The smallest absolute Gasteiger partial charge is 0.317 e. The zero-order valence-electron chi connectivity index (χ0n) is 13.7. The third-order valence-corrected chi connectivity index (χ3v) is 3.88. The number of piperazine rings is 1. The van der Waals surface area contributed by atoms with Gasteiger partial charge in [-0.2, -0.15) is 0 Å². The normalized spacial score (nSPS) is 15.2. The third kappa shape index (κ3) is 4.79. The zero-order valence-corrected chi connectivity index (χ0v) is 13.7. The molecule has 0 atom stereocenters. The minimum atomic E-state index is -0.563. The van der Waals surface area contributed by atoms with E-state index in [9.17, 15) is 13.6 Å². The lowest BCUT2D eigenvalue weighted by atomic mass is 10.2. The Bertz CT molecular complexity index is 511. The van der Waals surface area contributed by atoms with Crippen LogP contribution in [0.2, 0.25) is 0 Å². The van der Waals surface area contributed by atoms with Crippen molar-refractivity contribution in [1.29, 1.82) is 0 Å². The van der Waals surface area contributed by atoms with Crippen LogP contribution in [0.1, 0.15) is 6.42 Å². The fourth-order valence-corrected chi connectivity index (χ4v) is 2.63. The Kier molecular flexibility index (Phi) is 6.15. The molecule has 0 radical (unpaired) electrons. The van der Waals surface area contributed by atoms with Gasteiger partial charge in [0.15, 0.2) is 0 Å². The third-order valence-electron chi connectivity index (χ3n) is 3.88. The Balaban J connectivity index is 1.80. The molecule has 23 heavy (non-hydrogen) atoms. The standard InChI is InChI=1S/C16H24F2N4O/c1-20(2)8-4-7-19-16(23)22-11-9-21(10-12-22)15-13(17)5-3-6-14(15)18/h3,5-6H,4,7-12H2,1-2H3,(H,19,23). The highest BCUT2D eigenvalue weighted by Gasteiger charge is 2.24.